The molecule has 0 aromatic carbocycles. The third kappa shape index (κ3) is 3.82. The van der Waals surface area contributed by atoms with Crippen LogP contribution in [0, 0.1) is 13.8 Å². The minimum atomic E-state index is 0.364. The summed E-state index contributed by atoms with van der Waals surface area (Å²) >= 11 is 0. The maximum absolute atomic E-state index is 5.63. The van der Waals surface area contributed by atoms with E-state index in [1.165, 1.54) is 30.5 Å². The zero-order chi connectivity index (χ0) is 12.8. The number of rotatable bonds is 7. The SMILES string of the molecule is CCCCCC(Cc1c(C)nn(C)c1C)NN. The van der Waals surface area contributed by atoms with Crippen molar-refractivity contribution in [1.82, 2.24) is 15.2 Å². The molecule has 1 atom stereocenters. The van der Waals surface area contributed by atoms with Crippen LogP contribution in [0.2, 0.25) is 0 Å². The van der Waals surface area contributed by atoms with Crippen LogP contribution >= 0.6 is 0 Å². The Kier molecular flexibility index (Phi) is 5.65. The summed E-state index contributed by atoms with van der Waals surface area (Å²) in [5.74, 6) is 5.63. The highest BCUT2D eigenvalue weighted by Gasteiger charge is 2.14. The predicted octanol–water partition coefficient (Wildman–Crippen LogP) is 1.99. The fourth-order valence-corrected chi connectivity index (χ4v) is 2.24. The molecule has 0 spiro atoms. The van der Waals surface area contributed by atoms with Crippen molar-refractivity contribution in [3.05, 3.63) is 17.0 Å². The summed E-state index contributed by atoms with van der Waals surface area (Å²) in [6.45, 7) is 6.41. The molecule has 0 bridgehead atoms. The van der Waals surface area contributed by atoms with Gasteiger partial charge in [-0.25, -0.2) is 0 Å². The van der Waals surface area contributed by atoms with Gasteiger partial charge in [0.2, 0.25) is 0 Å². The van der Waals surface area contributed by atoms with Gasteiger partial charge in [0.05, 0.1) is 5.69 Å². The predicted molar refractivity (Wildman–Crippen MR) is 71.6 cm³/mol. The van der Waals surface area contributed by atoms with E-state index in [0.29, 0.717) is 6.04 Å². The van der Waals surface area contributed by atoms with Crippen LogP contribution in [0.25, 0.3) is 0 Å². The van der Waals surface area contributed by atoms with Gasteiger partial charge in [-0.15, -0.1) is 0 Å². The first-order chi connectivity index (χ1) is 8.10. The number of nitrogens with zero attached hydrogens (tertiary/aromatic N) is 2. The van der Waals surface area contributed by atoms with E-state index in [0.717, 1.165) is 18.5 Å². The first-order valence-electron chi connectivity index (χ1n) is 6.55. The number of hydrogen-bond acceptors (Lipinski definition) is 3. The van der Waals surface area contributed by atoms with Crippen molar-refractivity contribution < 1.29 is 0 Å². The largest absolute Gasteiger partial charge is 0.272 e. The highest BCUT2D eigenvalue weighted by molar-refractivity contribution is 5.25. The highest BCUT2D eigenvalue weighted by atomic mass is 15.3. The lowest BCUT2D eigenvalue weighted by Gasteiger charge is -2.15. The molecule has 0 aliphatic heterocycles. The smallest absolute Gasteiger partial charge is 0.0628 e. The van der Waals surface area contributed by atoms with Gasteiger partial charge in [0.1, 0.15) is 0 Å². The molecule has 0 saturated carbocycles. The van der Waals surface area contributed by atoms with Gasteiger partial charge >= 0.3 is 0 Å². The first kappa shape index (κ1) is 14.2. The lowest BCUT2D eigenvalue weighted by molar-refractivity contribution is 0.465. The molecule has 4 heteroatoms. The van der Waals surface area contributed by atoms with Gasteiger partial charge < -0.3 is 0 Å². The van der Waals surface area contributed by atoms with Gasteiger partial charge in [0.15, 0.2) is 0 Å². The Morgan fingerprint density at radius 3 is 2.53 bits per heavy atom. The van der Waals surface area contributed by atoms with Crippen LogP contribution in [0.3, 0.4) is 0 Å². The number of aryl methyl sites for hydroxylation is 2. The first-order valence-corrected chi connectivity index (χ1v) is 6.55. The summed E-state index contributed by atoms with van der Waals surface area (Å²) in [7, 11) is 1.99. The van der Waals surface area contributed by atoms with Gasteiger partial charge in [0, 0.05) is 18.8 Å². The molecule has 0 fully saturated rings. The normalized spacial score (nSPS) is 13.0. The number of hydrogen-bond donors (Lipinski definition) is 2. The monoisotopic (exact) mass is 238 g/mol. The molecule has 1 rings (SSSR count). The van der Waals surface area contributed by atoms with Crippen LogP contribution < -0.4 is 11.3 Å². The molecule has 98 valence electrons. The molecule has 1 heterocycles. The molecule has 0 radical (unpaired) electrons. The van der Waals surface area contributed by atoms with E-state index < -0.39 is 0 Å². The summed E-state index contributed by atoms with van der Waals surface area (Å²) in [5, 5.41) is 4.44. The average molecular weight is 238 g/mol. The number of aromatic nitrogens is 2. The van der Waals surface area contributed by atoms with E-state index in [1.807, 2.05) is 11.7 Å². The van der Waals surface area contributed by atoms with Gasteiger partial charge in [-0.1, -0.05) is 26.2 Å². The Morgan fingerprint density at radius 2 is 2.06 bits per heavy atom. The second-order valence-corrected chi connectivity index (χ2v) is 4.84. The fourth-order valence-electron chi connectivity index (χ4n) is 2.24. The summed E-state index contributed by atoms with van der Waals surface area (Å²) in [6, 6.07) is 0.364. The minimum absolute atomic E-state index is 0.364. The maximum atomic E-state index is 5.63. The summed E-state index contributed by atoms with van der Waals surface area (Å²) in [4.78, 5) is 0. The van der Waals surface area contributed by atoms with Crippen LogP contribution in [0.4, 0.5) is 0 Å². The number of hydrazine groups is 1. The molecule has 1 unspecified atom stereocenters. The molecule has 4 nitrogen and oxygen atoms in total. The molecule has 0 aliphatic carbocycles. The van der Waals surface area contributed by atoms with Gasteiger partial charge in [-0.2, -0.15) is 5.10 Å². The lowest BCUT2D eigenvalue weighted by Crippen LogP contribution is -2.37. The molecule has 17 heavy (non-hydrogen) atoms. The maximum Gasteiger partial charge on any atom is 0.0628 e. The third-order valence-corrected chi connectivity index (χ3v) is 3.50. The molecule has 0 aliphatic rings. The Morgan fingerprint density at radius 1 is 1.35 bits per heavy atom. The van der Waals surface area contributed by atoms with Crippen molar-refractivity contribution in [3.63, 3.8) is 0 Å². The second kappa shape index (κ2) is 6.77. The number of nitrogens with two attached hydrogens (primary N) is 1. The van der Waals surface area contributed by atoms with Crippen molar-refractivity contribution >= 4 is 0 Å². The van der Waals surface area contributed by atoms with E-state index >= 15 is 0 Å². The summed E-state index contributed by atoms with van der Waals surface area (Å²) < 4.78 is 1.95. The van der Waals surface area contributed by atoms with Crippen molar-refractivity contribution in [1.29, 1.82) is 0 Å². The van der Waals surface area contributed by atoms with Crippen LogP contribution in [0.5, 0.6) is 0 Å². The molecule has 1 aromatic heterocycles. The van der Waals surface area contributed by atoms with Crippen molar-refractivity contribution in [3.8, 4) is 0 Å². The molecule has 1 aromatic rings. The molecular formula is C13H26N4. The highest BCUT2D eigenvalue weighted by Crippen LogP contribution is 2.16. The quantitative estimate of drug-likeness (QED) is 0.434. The van der Waals surface area contributed by atoms with Crippen molar-refractivity contribution in [2.45, 2.75) is 58.9 Å². The Hall–Kier alpha value is -0.870. The van der Waals surface area contributed by atoms with Gasteiger partial charge in [0.25, 0.3) is 0 Å². The van der Waals surface area contributed by atoms with E-state index in [9.17, 15) is 0 Å². The van der Waals surface area contributed by atoms with Crippen LogP contribution in [0.1, 0.15) is 49.6 Å². The fraction of sp³-hybridized carbons (Fsp3) is 0.769. The topological polar surface area (TPSA) is 55.9 Å². The summed E-state index contributed by atoms with van der Waals surface area (Å²) in [5.41, 5.74) is 6.65. The van der Waals surface area contributed by atoms with E-state index in [2.05, 4.69) is 31.3 Å². The van der Waals surface area contributed by atoms with E-state index in [4.69, 9.17) is 5.84 Å². The Labute approximate surface area is 105 Å². The van der Waals surface area contributed by atoms with Crippen molar-refractivity contribution in [2.75, 3.05) is 0 Å². The zero-order valence-corrected chi connectivity index (χ0v) is 11.6. The van der Waals surface area contributed by atoms with Crippen LogP contribution in [0.15, 0.2) is 0 Å². The Balaban J connectivity index is 2.60. The molecule has 0 saturated heterocycles. The number of nitrogens with one attached hydrogen (secondary N) is 1. The number of unbranched alkanes of at least 4 members (excludes halogenated alkanes) is 2. The molecule has 0 amide bonds. The lowest BCUT2D eigenvalue weighted by atomic mass is 10.00. The Bertz CT molecular complexity index is 343. The van der Waals surface area contributed by atoms with Crippen molar-refractivity contribution in [2.24, 2.45) is 12.9 Å². The molecule has 3 N–H and O–H groups in total. The second-order valence-electron chi connectivity index (χ2n) is 4.84. The minimum Gasteiger partial charge on any atom is -0.272 e. The average Bonchev–Trinajstić information content (AvgIpc) is 2.54. The van der Waals surface area contributed by atoms with Gasteiger partial charge in [-0.3, -0.25) is 16.0 Å². The third-order valence-electron chi connectivity index (χ3n) is 3.50. The zero-order valence-electron chi connectivity index (χ0n) is 11.6. The van der Waals surface area contributed by atoms with E-state index in [-0.39, 0.29) is 0 Å². The van der Waals surface area contributed by atoms with Crippen LogP contribution in [-0.4, -0.2) is 15.8 Å². The van der Waals surface area contributed by atoms with Gasteiger partial charge in [-0.05, 0) is 32.3 Å². The molecular weight excluding hydrogens is 212 g/mol. The summed E-state index contributed by atoms with van der Waals surface area (Å²) in [6.07, 6.45) is 5.89. The standard InChI is InChI=1S/C13H26N4/c1-5-6-7-8-12(15-14)9-13-10(2)16-17(4)11(13)3/h12,15H,5-9,14H2,1-4H3. The van der Waals surface area contributed by atoms with E-state index in [1.54, 1.807) is 0 Å². The van der Waals surface area contributed by atoms with Crippen LogP contribution in [-0.2, 0) is 13.5 Å².